The number of rotatable bonds is 5. The fourth-order valence-corrected chi connectivity index (χ4v) is 3.30. The molecule has 4 nitrogen and oxygen atoms in total. The van der Waals surface area contributed by atoms with Gasteiger partial charge in [0.05, 0.1) is 6.04 Å². The molecular weight excluding hydrogens is 350 g/mol. The first kappa shape index (κ1) is 19.2. The molecule has 0 spiro atoms. The summed E-state index contributed by atoms with van der Waals surface area (Å²) in [5, 5.41) is 0. The number of piperazine rings is 1. The quantitative estimate of drug-likeness (QED) is 0.755. The highest BCUT2D eigenvalue weighted by Crippen LogP contribution is 2.25. The van der Waals surface area contributed by atoms with E-state index in [1.54, 1.807) is 17.0 Å². The fraction of sp³-hybridized carbons (Fsp3) is 0.333. The van der Waals surface area contributed by atoms with Crippen LogP contribution in [0.1, 0.15) is 34.8 Å². The van der Waals surface area contributed by atoms with Gasteiger partial charge in [0, 0.05) is 38.0 Å². The van der Waals surface area contributed by atoms with Crippen LogP contribution in [0.15, 0.2) is 48.5 Å². The predicted octanol–water partition coefficient (Wildman–Crippen LogP) is 3.44. The van der Waals surface area contributed by atoms with E-state index in [0.717, 1.165) is 5.56 Å². The van der Waals surface area contributed by atoms with E-state index in [-0.39, 0.29) is 36.4 Å². The Hall–Kier alpha value is -2.60. The summed E-state index contributed by atoms with van der Waals surface area (Å²) in [4.78, 5) is 28.6. The molecule has 142 valence electrons. The fourth-order valence-electron chi connectivity index (χ4n) is 3.30. The molecule has 3 rings (SSSR count). The number of likely N-dealkylation sites (N-methyl/N-ethyl adjacent to an activating group) is 1. The first-order valence-corrected chi connectivity index (χ1v) is 8.96. The molecule has 0 aromatic heterocycles. The van der Waals surface area contributed by atoms with Gasteiger partial charge in [-0.15, -0.1) is 0 Å². The van der Waals surface area contributed by atoms with E-state index < -0.39 is 5.82 Å². The number of hydrogen-bond acceptors (Lipinski definition) is 3. The normalized spacial score (nSPS) is 17.7. The monoisotopic (exact) mass is 372 g/mol. The molecule has 1 aliphatic rings. The van der Waals surface area contributed by atoms with Gasteiger partial charge in [-0.05, 0) is 49.0 Å². The molecule has 0 saturated carbocycles. The van der Waals surface area contributed by atoms with Crippen LogP contribution in [0.25, 0.3) is 0 Å². The molecule has 2 aromatic rings. The number of Topliss-reactive ketones (excluding diaryl/α,β-unsaturated/α-hetero) is 1. The molecule has 1 heterocycles. The first-order chi connectivity index (χ1) is 12.9. The maximum absolute atomic E-state index is 13.2. The van der Waals surface area contributed by atoms with Gasteiger partial charge in [0.2, 0.25) is 5.91 Å². The summed E-state index contributed by atoms with van der Waals surface area (Å²) in [5.41, 5.74) is 1.37. The lowest BCUT2D eigenvalue weighted by Gasteiger charge is -2.39. The average Bonchev–Trinajstić information content (AvgIpc) is 2.67. The van der Waals surface area contributed by atoms with Crippen LogP contribution in [0.2, 0.25) is 0 Å². The first-order valence-electron chi connectivity index (χ1n) is 8.96. The van der Waals surface area contributed by atoms with Gasteiger partial charge < -0.3 is 4.90 Å². The van der Waals surface area contributed by atoms with Crippen molar-refractivity contribution < 1.29 is 18.4 Å². The minimum absolute atomic E-state index is 0.00361. The van der Waals surface area contributed by atoms with Crippen molar-refractivity contribution in [3.05, 3.63) is 71.3 Å². The molecule has 1 atom stereocenters. The number of benzene rings is 2. The molecular formula is C21H22F2N2O2. The van der Waals surface area contributed by atoms with Gasteiger partial charge in [0.1, 0.15) is 11.6 Å². The van der Waals surface area contributed by atoms with Gasteiger partial charge in [0.25, 0.3) is 0 Å². The summed E-state index contributed by atoms with van der Waals surface area (Å²) >= 11 is 0. The Morgan fingerprint density at radius 3 is 2.15 bits per heavy atom. The lowest BCUT2D eigenvalue weighted by atomic mass is 10.0. The van der Waals surface area contributed by atoms with Crippen molar-refractivity contribution in [1.29, 1.82) is 0 Å². The van der Waals surface area contributed by atoms with Crippen LogP contribution < -0.4 is 0 Å². The second-order valence-electron chi connectivity index (χ2n) is 6.82. The molecule has 1 saturated heterocycles. The van der Waals surface area contributed by atoms with Crippen LogP contribution >= 0.6 is 0 Å². The Bertz CT molecular complexity index is 806. The van der Waals surface area contributed by atoms with Crippen LogP contribution in [0.3, 0.4) is 0 Å². The summed E-state index contributed by atoms with van der Waals surface area (Å²) in [5.74, 6) is -0.936. The Morgan fingerprint density at radius 2 is 1.52 bits per heavy atom. The zero-order valence-corrected chi connectivity index (χ0v) is 15.2. The largest absolute Gasteiger partial charge is 0.339 e. The molecule has 1 fully saturated rings. The summed E-state index contributed by atoms with van der Waals surface area (Å²) in [6.07, 6.45) is 0.216. The number of carbonyl (C=O) groups is 2. The van der Waals surface area contributed by atoms with Crippen molar-refractivity contribution in [3.8, 4) is 0 Å². The van der Waals surface area contributed by atoms with Crippen molar-refractivity contribution in [2.45, 2.75) is 18.9 Å². The summed E-state index contributed by atoms with van der Waals surface area (Å²) in [6.45, 7) is 1.81. The summed E-state index contributed by atoms with van der Waals surface area (Å²) < 4.78 is 26.1. The maximum Gasteiger partial charge on any atom is 0.223 e. The third-order valence-electron chi connectivity index (χ3n) is 4.99. The standard InChI is InChI=1S/C21H22F2N2O2/c1-24-12-13-25(14-19(24)15-2-6-17(22)7-3-15)21(27)11-10-20(26)16-4-8-18(23)9-5-16/h2-9,19H,10-14H2,1H3. The van der Waals surface area contributed by atoms with Crippen molar-refractivity contribution in [3.63, 3.8) is 0 Å². The van der Waals surface area contributed by atoms with Crippen LogP contribution in [0, 0.1) is 11.6 Å². The third-order valence-corrected chi connectivity index (χ3v) is 4.99. The smallest absolute Gasteiger partial charge is 0.223 e. The molecule has 27 heavy (non-hydrogen) atoms. The van der Waals surface area contributed by atoms with Gasteiger partial charge in [-0.1, -0.05) is 12.1 Å². The van der Waals surface area contributed by atoms with Gasteiger partial charge in [-0.3, -0.25) is 14.5 Å². The van der Waals surface area contributed by atoms with E-state index >= 15 is 0 Å². The van der Waals surface area contributed by atoms with Crippen molar-refractivity contribution in [2.75, 3.05) is 26.7 Å². The molecule has 6 heteroatoms. The molecule has 1 aliphatic heterocycles. The van der Waals surface area contributed by atoms with Crippen LogP contribution in [0.4, 0.5) is 8.78 Å². The highest BCUT2D eigenvalue weighted by molar-refractivity contribution is 5.97. The average molecular weight is 372 g/mol. The number of halogens is 2. The lowest BCUT2D eigenvalue weighted by molar-refractivity contribution is -0.134. The van der Waals surface area contributed by atoms with E-state index in [1.165, 1.54) is 36.4 Å². The van der Waals surface area contributed by atoms with Gasteiger partial charge >= 0.3 is 0 Å². The van der Waals surface area contributed by atoms with E-state index in [0.29, 0.717) is 25.2 Å². The van der Waals surface area contributed by atoms with Crippen molar-refractivity contribution in [2.24, 2.45) is 0 Å². The Labute approximate surface area is 157 Å². The minimum atomic E-state index is -0.396. The molecule has 0 bridgehead atoms. The van der Waals surface area contributed by atoms with Crippen LogP contribution in [-0.2, 0) is 4.79 Å². The summed E-state index contributed by atoms with van der Waals surface area (Å²) in [7, 11) is 1.98. The number of ketones is 1. The van der Waals surface area contributed by atoms with E-state index in [9.17, 15) is 18.4 Å². The molecule has 0 aliphatic carbocycles. The summed E-state index contributed by atoms with van der Waals surface area (Å²) in [6, 6.07) is 11.7. The van der Waals surface area contributed by atoms with E-state index in [1.807, 2.05) is 7.05 Å². The zero-order valence-electron chi connectivity index (χ0n) is 15.2. The minimum Gasteiger partial charge on any atom is -0.339 e. The second kappa shape index (κ2) is 8.39. The van der Waals surface area contributed by atoms with Gasteiger partial charge in [-0.2, -0.15) is 0 Å². The highest BCUT2D eigenvalue weighted by atomic mass is 19.1. The van der Waals surface area contributed by atoms with E-state index in [2.05, 4.69) is 4.90 Å². The molecule has 2 aromatic carbocycles. The Balaban J connectivity index is 1.58. The van der Waals surface area contributed by atoms with Gasteiger partial charge in [0.15, 0.2) is 5.78 Å². The topological polar surface area (TPSA) is 40.6 Å². The molecule has 0 radical (unpaired) electrons. The number of amides is 1. The number of nitrogens with zero attached hydrogens (tertiary/aromatic N) is 2. The van der Waals surface area contributed by atoms with Crippen molar-refractivity contribution in [1.82, 2.24) is 9.80 Å². The zero-order chi connectivity index (χ0) is 19.4. The Morgan fingerprint density at radius 1 is 0.926 bits per heavy atom. The second-order valence-corrected chi connectivity index (χ2v) is 6.82. The number of hydrogen-bond donors (Lipinski definition) is 0. The van der Waals surface area contributed by atoms with Gasteiger partial charge in [-0.25, -0.2) is 8.78 Å². The Kier molecular flexibility index (Phi) is 5.96. The van der Waals surface area contributed by atoms with Crippen LogP contribution in [0.5, 0.6) is 0 Å². The van der Waals surface area contributed by atoms with Crippen LogP contribution in [-0.4, -0.2) is 48.2 Å². The number of carbonyl (C=O) groups excluding carboxylic acids is 2. The van der Waals surface area contributed by atoms with Crippen molar-refractivity contribution >= 4 is 11.7 Å². The lowest BCUT2D eigenvalue weighted by Crippen LogP contribution is -2.49. The van der Waals surface area contributed by atoms with E-state index in [4.69, 9.17) is 0 Å². The maximum atomic E-state index is 13.2. The molecule has 1 unspecified atom stereocenters. The molecule has 0 N–H and O–H groups in total. The predicted molar refractivity (Wildman–Crippen MR) is 98.3 cm³/mol. The third kappa shape index (κ3) is 4.77. The molecule has 1 amide bonds. The SMILES string of the molecule is CN1CCN(C(=O)CCC(=O)c2ccc(F)cc2)CC1c1ccc(F)cc1. The highest BCUT2D eigenvalue weighted by Gasteiger charge is 2.28.